The van der Waals surface area contributed by atoms with Crippen molar-refractivity contribution < 1.29 is 0 Å². The Morgan fingerprint density at radius 1 is 1.04 bits per heavy atom. The van der Waals surface area contributed by atoms with E-state index in [0.29, 0.717) is 5.92 Å². The van der Waals surface area contributed by atoms with Gasteiger partial charge in [-0.2, -0.15) is 0 Å². The van der Waals surface area contributed by atoms with Crippen LogP contribution in [0, 0.1) is 0 Å². The monoisotopic (exact) mass is 323 g/mol. The highest BCUT2D eigenvalue weighted by Crippen LogP contribution is 2.36. The summed E-state index contributed by atoms with van der Waals surface area (Å²) < 4.78 is 0. The summed E-state index contributed by atoms with van der Waals surface area (Å²) in [5.74, 6) is 0.371. The maximum Gasteiger partial charge on any atom is 0.0275 e. The molecule has 1 atom stereocenters. The van der Waals surface area contributed by atoms with E-state index in [2.05, 4.69) is 79.9 Å². The van der Waals surface area contributed by atoms with Crippen molar-refractivity contribution in [2.75, 3.05) is 26.9 Å². The van der Waals surface area contributed by atoms with Gasteiger partial charge in [0.05, 0.1) is 0 Å². The first-order valence-electron chi connectivity index (χ1n) is 8.25. The second kappa shape index (κ2) is 7.37. The van der Waals surface area contributed by atoms with Gasteiger partial charge in [-0.3, -0.25) is 0 Å². The van der Waals surface area contributed by atoms with Crippen molar-refractivity contribution in [1.29, 1.82) is 0 Å². The zero-order chi connectivity index (χ0) is 16.2. The van der Waals surface area contributed by atoms with Gasteiger partial charge >= 0.3 is 0 Å². The molecular formula is C21H25NS. The molecule has 1 nitrogen and oxygen atoms in total. The molecule has 0 bridgehead atoms. The summed E-state index contributed by atoms with van der Waals surface area (Å²) in [6.07, 6.45) is 9.14. The van der Waals surface area contributed by atoms with E-state index >= 15 is 0 Å². The van der Waals surface area contributed by atoms with E-state index in [1.165, 1.54) is 27.1 Å². The number of aryl methyl sites for hydroxylation is 2. The van der Waals surface area contributed by atoms with Crippen LogP contribution in [0.4, 0.5) is 0 Å². The summed E-state index contributed by atoms with van der Waals surface area (Å²) in [5, 5.41) is 0. The zero-order valence-electron chi connectivity index (χ0n) is 14.3. The first-order chi connectivity index (χ1) is 11.2. The van der Waals surface area contributed by atoms with E-state index in [1.54, 1.807) is 0 Å². The highest BCUT2D eigenvalue weighted by atomic mass is 32.2. The molecule has 0 radical (unpaired) electrons. The quantitative estimate of drug-likeness (QED) is 0.590. The Labute approximate surface area is 144 Å². The molecule has 0 amide bonds. The van der Waals surface area contributed by atoms with Gasteiger partial charge in [-0.25, -0.2) is 0 Å². The Kier molecular flexibility index (Phi) is 5.24. The van der Waals surface area contributed by atoms with Crippen LogP contribution < -0.4 is 0 Å². The first kappa shape index (κ1) is 16.4. The molecule has 0 aliphatic heterocycles. The zero-order valence-corrected chi connectivity index (χ0v) is 15.1. The Bertz CT molecular complexity index is 703. The summed E-state index contributed by atoms with van der Waals surface area (Å²) in [5.41, 5.74) is 5.95. The fourth-order valence-electron chi connectivity index (χ4n) is 3.33. The molecular weight excluding hydrogens is 298 g/mol. The summed E-state index contributed by atoms with van der Waals surface area (Å²) in [6.45, 7) is 0.982. The normalized spacial score (nSPS) is 17.1. The summed E-state index contributed by atoms with van der Waals surface area (Å²) in [7, 11) is 4.23. The van der Waals surface area contributed by atoms with E-state index in [1.807, 2.05) is 11.8 Å². The number of fused-ring (bicyclic) bond motifs is 2. The van der Waals surface area contributed by atoms with Crippen LogP contribution in [0.25, 0.3) is 0 Å². The molecule has 3 rings (SSSR count). The molecule has 0 N–H and O–H groups in total. The number of benzene rings is 2. The molecule has 1 aliphatic carbocycles. The molecule has 0 aromatic heterocycles. The lowest BCUT2D eigenvalue weighted by molar-refractivity contribution is 0.456. The molecule has 23 heavy (non-hydrogen) atoms. The number of allylic oxidation sites excluding steroid dienone is 1. The largest absolute Gasteiger partial charge is 0.306 e. The van der Waals surface area contributed by atoms with Gasteiger partial charge in [0.1, 0.15) is 0 Å². The number of hydrogen-bond donors (Lipinski definition) is 0. The van der Waals surface area contributed by atoms with Crippen molar-refractivity contribution in [3.8, 4) is 0 Å². The molecule has 0 spiro atoms. The Balaban J connectivity index is 2.08. The molecule has 2 aromatic carbocycles. The van der Waals surface area contributed by atoms with Gasteiger partial charge in [0.15, 0.2) is 0 Å². The Morgan fingerprint density at radius 2 is 1.78 bits per heavy atom. The predicted molar refractivity (Wildman–Crippen MR) is 102 cm³/mol. The maximum absolute atomic E-state index is 2.40. The number of likely N-dealkylation sites (N-methyl/N-ethyl adjacent to an activating group) is 1. The average Bonchev–Trinajstić information content (AvgIpc) is 2.71. The summed E-state index contributed by atoms with van der Waals surface area (Å²) in [4.78, 5) is 3.56. The smallest absolute Gasteiger partial charge is 0.0275 e. The Morgan fingerprint density at radius 3 is 2.52 bits per heavy atom. The lowest BCUT2D eigenvalue weighted by Crippen LogP contribution is -2.11. The highest BCUT2D eigenvalue weighted by molar-refractivity contribution is 7.98. The van der Waals surface area contributed by atoms with Crippen LogP contribution in [-0.2, 0) is 12.8 Å². The summed E-state index contributed by atoms with van der Waals surface area (Å²) in [6, 6.07) is 15.9. The molecule has 0 saturated carbocycles. The fraction of sp³-hybridized carbons (Fsp3) is 0.333. The minimum atomic E-state index is 0.371. The van der Waals surface area contributed by atoms with E-state index < -0.39 is 0 Å². The topological polar surface area (TPSA) is 3.24 Å². The number of hydrogen-bond acceptors (Lipinski definition) is 2. The minimum Gasteiger partial charge on any atom is -0.306 e. The average molecular weight is 324 g/mol. The number of rotatable bonds is 4. The highest BCUT2D eigenvalue weighted by Gasteiger charge is 2.21. The second-order valence-electron chi connectivity index (χ2n) is 6.43. The van der Waals surface area contributed by atoms with Crippen LogP contribution in [0.2, 0.25) is 0 Å². The number of thioether (sulfide) groups is 1. The predicted octanol–water partition coefficient (Wildman–Crippen LogP) is 4.76. The maximum atomic E-state index is 2.40. The van der Waals surface area contributed by atoms with Crippen molar-refractivity contribution >= 4 is 11.8 Å². The van der Waals surface area contributed by atoms with Crippen LogP contribution >= 0.6 is 11.8 Å². The van der Waals surface area contributed by atoms with Gasteiger partial charge in [-0.05, 0) is 67.6 Å². The van der Waals surface area contributed by atoms with Gasteiger partial charge < -0.3 is 4.90 Å². The second-order valence-corrected chi connectivity index (χ2v) is 7.31. The molecule has 0 heterocycles. The van der Waals surface area contributed by atoms with Crippen LogP contribution in [0.5, 0.6) is 0 Å². The minimum absolute atomic E-state index is 0.371. The molecule has 0 fully saturated rings. The van der Waals surface area contributed by atoms with Crippen molar-refractivity contribution in [2.45, 2.75) is 23.7 Å². The van der Waals surface area contributed by atoms with Gasteiger partial charge in [-0.1, -0.05) is 42.5 Å². The molecule has 1 aliphatic rings. The first-order valence-corrected chi connectivity index (χ1v) is 9.47. The third kappa shape index (κ3) is 3.70. The van der Waals surface area contributed by atoms with Crippen LogP contribution in [0.15, 0.2) is 59.5 Å². The lowest BCUT2D eigenvalue weighted by Gasteiger charge is -2.18. The van der Waals surface area contributed by atoms with Crippen molar-refractivity contribution in [3.05, 3.63) is 76.9 Å². The van der Waals surface area contributed by atoms with Crippen molar-refractivity contribution in [3.63, 3.8) is 0 Å². The molecule has 120 valence electrons. The molecule has 2 aromatic rings. The van der Waals surface area contributed by atoms with Crippen LogP contribution in [0.3, 0.4) is 0 Å². The SMILES string of the molecule is CSc1ccc2c(c1)C(/C=C/CN(C)C)c1ccccc1CC2. The third-order valence-corrected chi connectivity index (χ3v) is 5.27. The summed E-state index contributed by atoms with van der Waals surface area (Å²) >= 11 is 1.83. The lowest BCUT2D eigenvalue weighted by atomic mass is 9.88. The van der Waals surface area contributed by atoms with Crippen molar-refractivity contribution in [2.24, 2.45) is 0 Å². The molecule has 2 heteroatoms. The van der Waals surface area contributed by atoms with Crippen LogP contribution in [-0.4, -0.2) is 31.8 Å². The van der Waals surface area contributed by atoms with Crippen LogP contribution in [0.1, 0.15) is 28.2 Å². The number of nitrogens with zero attached hydrogens (tertiary/aromatic N) is 1. The van der Waals surface area contributed by atoms with Gasteiger partial charge in [0, 0.05) is 17.4 Å². The van der Waals surface area contributed by atoms with Gasteiger partial charge in [0.25, 0.3) is 0 Å². The van der Waals surface area contributed by atoms with E-state index in [9.17, 15) is 0 Å². The van der Waals surface area contributed by atoms with Gasteiger partial charge in [0.2, 0.25) is 0 Å². The molecule has 0 saturated heterocycles. The van der Waals surface area contributed by atoms with E-state index in [4.69, 9.17) is 0 Å². The fourth-order valence-corrected chi connectivity index (χ4v) is 3.78. The Hall–Kier alpha value is -1.51. The third-order valence-electron chi connectivity index (χ3n) is 4.54. The van der Waals surface area contributed by atoms with Gasteiger partial charge in [-0.15, -0.1) is 11.8 Å². The van der Waals surface area contributed by atoms with E-state index in [-0.39, 0.29) is 0 Å². The standard InChI is InChI=1S/C21H25NS/c1-22(2)14-6-9-20-19-8-5-4-7-16(19)10-11-17-12-13-18(23-3)15-21(17)20/h4-9,12-13,15,20H,10-11,14H2,1-3H3/b9-6+. The van der Waals surface area contributed by atoms with Crippen molar-refractivity contribution in [1.82, 2.24) is 4.90 Å². The molecule has 1 unspecified atom stereocenters. The van der Waals surface area contributed by atoms with E-state index in [0.717, 1.165) is 19.4 Å².